The Morgan fingerprint density at radius 1 is 0.875 bits per heavy atom. The fourth-order valence-corrected chi connectivity index (χ4v) is 5.06. The molecule has 1 aliphatic heterocycles. The highest BCUT2D eigenvalue weighted by Crippen LogP contribution is 2.31. The van der Waals surface area contributed by atoms with Gasteiger partial charge in [0.1, 0.15) is 0 Å². The maximum absolute atomic E-state index is 13.9. The largest absolute Gasteiger partial charge is 0.470 e. The van der Waals surface area contributed by atoms with Gasteiger partial charge in [-0.15, -0.1) is 10.2 Å². The second-order valence-corrected chi connectivity index (χ2v) is 10.1. The Hall–Kier alpha value is -4.18. The number of carbonyl (C=O) groups is 1. The molecule has 0 bridgehead atoms. The lowest BCUT2D eigenvalue weighted by Gasteiger charge is -2.45. The monoisotopic (exact) mass is 549 g/mol. The lowest BCUT2D eigenvalue weighted by atomic mass is 10.1. The van der Waals surface area contributed by atoms with Gasteiger partial charge in [0.2, 0.25) is 5.89 Å². The highest BCUT2D eigenvalue weighted by atomic mass is 19.4. The van der Waals surface area contributed by atoms with E-state index in [1.54, 1.807) is 29.2 Å². The van der Waals surface area contributed by atoms with Crippen LogP contribution in [0.5, 0.6) is 0 Å². The maximum atomic E-state index is 13.9. The number of aromatic nitrogens is 2. The molecule has 0 aliphatic carbocycles. The third-order valence-corrected chi connectivity index (χ3v) is 7.09. The molecule has 40 heavy (non-hydrogen) atoms. The smallest absolute Gasteiger partial charge is 0.413 e. The fraction of sp³-hybridized carbons (Fsp3) is 0.300. The number of amides is 2. The van der Waals surface area contributed by atoms with Crippen LogP contribution in [-0.4, -0.2) is 51.2 Å². The molecule has 2 atom stereocenters. The molecule has 2 unspecified atom stereocenters. The number of piperazine rings is 1. The van der Waals surface area contributed by atoms with Crippen molar-refractivity contribution < 1.29 is 22.4 Å². The molecule has 0 saturated carbocycles. The summed E-state index contributed by atoms with van der Waals surface area (Å²) in [5.74, 6) is -1.61. The number of carbonyl (C=O) groups excluding carboxylic acids is 1. The Morgan fingerprint density at radius 3 is 2.05 bits per heavy atom. The average Bonchev–Trinajstić information content (AvgIpc) is 3.46. The molecule has 2 heterocycles. The summed E-state index contributed by atoms with van der Waals surface area (Å²) in [5, 5.41) is 6.60. The molecule has 0 spiro atoms. The lowest BCUT2D eigenvalue weighted by Crippen LogP contribution is -2.59. The summed E-state index contributed by atoms with van der Waals surface area (Å²) < 4.78 is 43.3. The predicted molar refractivity (Wildman–Crippen MR) is 145 cm³/mol. The second-order valence-electron chi connectivity index (χ2n) is 10.1. The molecule has 0 radical (unpaired) electrons. The Balaban J connectivity index is 1.32. The van der Waals surface area contributed by atoms with Gasteiger partial charge in [0, 0.05) is 43.0 Å². The minimum Gasteiger partial charge on any atom is -0.413 e. The van der Waals surface area contributed by atoms with Crippen molar-refractivity contribution in [3.63, 3.8) is 0 Å². The van der Waals surface area contributed by atoms with Crippen molar-refractivity contribution in [2.45, 2.75) is 45.2 Å². The third-order valence-electron chi connectivity index (χ3n) is 7.09. The van der Waals surface area contributed by atoms with Gasteiger partial charge in [-0.3, -0.25) is 9.80 Å². The average molecular weight is 550 g/mol. The van der Waals surface area contributed by atoms with Crippen LogP contribution in [-0.2, 0) is 19.3 Å². The summed E-state index contributed by atoms with van der Waals surface area (Å²) in [6.07, 6.45) is -4.70. The van der Waals surface area contributed by atoms with Gasteiger partial charge in [-0.25, -0.2) is 4.79 Å². The molecule has 1 aromatic heterocycles. The van der Waals surface area contributed by atoms with Crippen LogP contribution >= 0.6 is 0 Å². The zero-order valence-corrected chi connectivity index (χ0v) is 22.3. The highest BCUT2D eigenvalue weighted by Gasteiger charge is 2.38. The molecule has 1 aliphatic rings. The van der Waals surface area contributed by atoms with Gasteiger partial charge in [-0.1, -0.05) is 60.7 Å². The van der Waals surface area contributed by atoms with Crippen LogP contribution in [0.15, 0.2) is 89.3 Å². The normalized spacial score (nSPS) is 18.1. The van der Waals surface area contributed by atoms with Gasteiger partial charge in [0.15, 0.2) is 0 Å². The summed E-state index contributed by atoms with van der Waals surface area (Å²) in [5.41, 5.74) is 3.17. The van der Waals surface area contributed by atoms with E-state index >= 15 is 0 Å². The van der Waals surface area contributed by atoms with E-state index in [4.69, 9.17) is 4.42 Å². The minimum atomic E-state index is -4.70. The number of alkyl halides is 3. The van der Waals surface area contributed by atoms with Crippen LogP contribution in [0.25, 0.3) is 11.5 Å². The number of nitrogens with zero attached hydrogens (tertiary/aromatic N) is 5. The molecular weight excluding hydrogens is 519 g/mol. The Morgan fingerprint density at radius 2 is 1.48 bits per heavy atom. The molecule has 4 aromatic rings. The predicted octanol–water partition coefficient (Wildman–Crippen LogP) is 6.48. The van der Waals surface area contributed by atoms with Crippen LogP contribution < -0.4 is 4.90 Å². The number of benzene rings is 3. The quantitative estimate of drug-likeness (QED) is 0.276. The lowest BCUT2D eigenvalue weighted by molar-refractivity contribution is -0.156. The van der Waals surface area contributed by atoms with E-state index in [1.807, 2.05) is 53.4 Å². The summed E-state index contributed by atoms with van der Waals surface area (Å²) in [7, 11) is 0. The summed E-state index contributed by atoms with van der Waals surface area (Å²) in [6.45, 7) is 6.59. The first kappa shape index (κ1) is 27.4. The zero-order chi connectivity index (χ0) is 28.3. The van der Waals surface area contributed by atoms with Gasteiger partial charge in [0.25, 0.3) is 0 Å². The van der Waals surface area contributed by atoms with Crippen molar-refractivity contribution in [1.29, 1.82) is 0 Å². The van der Waals surface area contributed by atoms with Gasteiger partial charge >= 0.3 is 18.1 Å². The van der Waals surface area contributed by atoms with E-state index in [9.17, 15) is 18.0 Å². The van der Waals surface area contributed by atoms with Crippen LogP contribution in [0.4, 0.5) is 23.7 Å². The molecule has 2 amide bonds. The Kier molecular flexibility index (Phi) is 7.88. The first-order valence-electron chi connectivity index (χ1n) is 13.1. The second kappa shape index (κ2) is 11.5. The molecule has 10 heteroatoms. The van der Waals surface area contributed by atoms with Crippen LogP contribution in [0.3, 0.4) is 0 Å². The zero-order valence-electron chi connectivity index (χ0n) is 22.3. The SMILES string of the molecule is CC1CN(C(=O)N(Cc2ccc(-c3nnc(C(F)(F)F)o3)cc2)c2ccccc2)CC(C)N1Cc1ccccc1. The molecular formula is C30H30F3N5O2. The maximum Gasteiger partial charge on any atom is 0.470 e. The standard InChI is InChI=1S/C30H30F3N5O2/c1-21-17-36(18-22(2)37(21)19-23-9-5-3-6-10-23)29(39)38(26-11-7-4-8-12-26)20-24-13-15-25(16-14-24)27-34-35-28(40-27)30(31,32)33/h3-16,21-22H,17-20H2,1-2H3. The van der Waals surface area contributed by atoms with Crippen LogP contribution in [0.1, 0.15) is 30.9 Å². The van der Waals surface area contributed by atoms with Crippen molar-refractivity contribution in [3.8, 4) is 11.5 Å². The molecule has 208 valence electrons. The first-order chi connectivity index (χ1) is 19.2. The van der Waals surface area contributed by atoms with E-state index in [0.717, 1.165) is 17.8 Å². The van der Waals surface area contributed by atoms with Crippen molar-refractivity contribution in [1.82, 2.24) is 20.0 Å². The molecule has 5 rings (SSSR count). The summed E-state index contributed by atoms with van der Waals surface area (Å²) in [6, 6.07) is 26.7. The van der Waals surface area contributed by atoms with E-state index in [1.165, 1.54) is 5.56 Å². The molecule has 7 nitrogen and oxygen atoms in total. The van der Waals surface area contributed by atoms with Gasteiger partial charge < -0.3 is 9.32 Å². The Labute approximate surface area is 230 Å². The van der Waals surface area contributed by atoms with Gasteiger partial charge in [-0.2, -0.15) is 13.2 Å². The van der Waals surface area contributed by atoms with E-state index in [-0.39, 0.29) is 30.6 Å². The van der Waals surface area contributed by atoms with Crippen molar-refractivity contribution in [3.05, 3.63) is 102 Å². The number of hydrogen-bond acceptors (Lipinski definition) is 5. The van der Waals surface area contributed by atoms with Crippen molar-refractivity contribution in [2.24, 2.45) is 0 Å². The molecule has 1 fully saturated rings. The number of halogens is 3. The number of anilines is 1. The minimum absolute atomic E-state index is 0.0972. The Bertz CT molecular complexity index is 1400. The van der Waals surface area contributed by atoms with Crippen molar-refractivity contribution >= 4 is 11.7 Å². The third kappa shape index (κ3) is 6.17. The van der Waals surface area contributed by atoms with Crippen molar-refractivity contribution in [2.75, 3.05) is 18.0 Å². The fourth-order valence-electron chi connectivity index (χ4n) is 5.06. The van der Waals surface area contributed by atoms with Gasteiger partial charge in [-0.05, 0) is 49.2 Å². The topological polar surface area (TPSA) is 65.7 Å². The molecule has 1 saturated heterocycles. The molecule has 0 N–H and O–H groups in total. The number of para-hydroxylation sites is 1. The number of rotatable bonds is 6. The number of hydrogen-bond donors (Lipinski definition) is 0. The summed E-state index contributed by atoms with van der Waals surface area (Å²) >= 11 is 0. The number of urea groups is 1. The van der Waals surface area contributed by atoms with E-state index < -0.39 is 12.1 Å². The molecule has 3 aromatic carbocycles. The van der Waals surface area contributed by atoms with Crippen LogP contribution in [0.2, 0.25) is 0 Å². The van der Waals surface area contributed by atoms with Crippen LogP contribution in [0, 0.1) is 0 Å². The van der Waals surface area contributed by atoms with E-state index in [0.29, 0.717) is 18.7 Å². The first-order valence-corrected chi connectivity index (χ1v) is 13.1. The van der Waals surface area contributed by atoms with Gasteiger partial charge in [0.05, 0.1) is 6.54 Å². The van der Waals surface area contributed by atoms with E-state index in [2.05, 4.69) is 41.1 Å². The highest BCUT2D eigenvalue weighted by molar-refractivity contribution is 5.92. The summed E-state index contributed by atoms with van der Waals surface area (Å²) in [4.78, 5) is 20.0.